The standard InChI is InChI=1S/C21H23Br2N3O2S/c1-21(2,26-19(27)15-10-16(22)12-17(23)11-15)18(24)13-25-8-9-29-20(28)14-6-4-3-5-7-14/h3-7,10-13,25H,8-9,24H2,1-2H3,(H,26,27)/b18-13-. The van der Waals surface area contributed by atoms with Crippen molar-refractivity contribution in [1.29, 1.82) is 0 Å². The van der Waals surface area contributed by atoms with E-state index in [1.807, 2.05) is 38.1 Å². The molecule has 0 unspecified atom stereocenters. The maximum absolute atomic E-state index is 12.6. The van der Waals surface area contributed by atoms with Crippen LogP contribution in [0.3, 0.4) is 0 Å². The lowest BCUT2D eigenvalue weighted by molar-refractivity contribution is 0.0923. The van der Waals surface area contributed by atoms with Gasteiger partial charge in [-0.2, -0.15) is 0 Å². The lowest BCUT2D eigenvalue weighted by Gasteiger charge is -2.27. The number of halogens is 2. The van der Waals surface area contributed by atoms with Gasteiger partial charge in [0.1, 0.15) is 0 Å². The molecule has 154 valence electrons. The van der Waals surface area contributed by atoms with E-state index < -0.39 is 5.54 Å². The molecule has 5 nitrogen and oxygen atoms in total. The zero-order valence-corrected chi connectivity index (χ0v) is 20.2. The predicted molar refractivity (Wildman–Crippen MR) is 127 cm³/mol. The lowest BCUT2D eigenvalue weighted by atomic mass is 10.0. The highest BCUT2D eigenvalue weighted by molar-refractivity contribution is 9.11. The van der Waals surface area contributed by atoms with Crippen molar-refractivity contribution in [1.82, 2.24) is 10.6 Å². The molecule has 0 saturated carbocycles. The van der Waals surface area contributed by atoms with Crippen molar-refractivity contribution in [2.75, 3.05) is 12.3 Å². The van der Waals surface area contributed by atoms with Crippen LogP contribution in [0.5, 0.6) is 0 Å². The highest BCUT2D eigenvalue weighted by Crippen LogP contribution is 2.21. The first-order chi connectivity index (χ1) is 13.7. The number of thioether (sulfide) groups is 1. The first-order valence-electron chi connectivity index (χ1n) is 8.89. The Kier molecular flexibility index (Phi) is 8.79. The molecule has 2 aromatic carbocycles. The molecule has 0 radical (unpaired) electrons. The predicted octanol–water partition coefficient (Wildman–Crippen LogP) is 4.68. The fourth-order valence-corrected chi connectivity index (χ4v) is 4.34. The molecule has 2 rings (SSSR count). The topological polar surface area (TPSA) is 84.2 Å². The summed E-state index contributed by atoms with van der Waals surface area (Å²) in [5.41, 5.74) is 7.12. The highest BCUT2D eigenvalue weighted by Gasteiger charge is 2.24. The van der Waals surface area contributed by atoms with Gasteiger partial charge in [-0.15, -0.1) is 0 Å². The zero-order valence-electron chi connectivity index (χ0n) is 16.2. The smallest absolute Gasteiger partial charge is 0.252 e. The molecule has 0 aliphatic heterocycles. The number of carbonyl (C=O) groups is 2. The van der Waals surface area contributed by atoms with Gasteiger partial charge in [0.05, 0.1) is 5.54 Å². The van der Waals surface area contributed by atoms with Gasteiger partial charge < -0.3 is 16.4 Å². The van der Waals surface area contributed by atoms with Crippen LogP contribution in [0.4, 0.5) is 0 Å². The number of hydrogen-bond acceptors (Lipinski definition) is 5. The quantitative estimate of drug-likeness (QED) is 0.423. The summed E-state index contributed by atoms with van der Waals surface area (Å²) >= 11 is 8.01. The maximum atomic E-state index is 12.6. The number of hydrogen-bond donors (Lipinski definition) is 3. The second kappa shape index (κ2) is 10.8. The van der Waals surface area contributed by atoms with E-state index in [1.165, 1.54) is 11.8 Å². The highest BCUT2D eigenvalue weighted by atomic mass is 79.9. The lowest BCUT2D eigenvalue weighted by Crippen LogP contribution is -2.47. The van der Waals surface area contributed by atoms with Gasteiger partial charge in [-0.3, -0.25) is 9.59 Å². The third-order valence-corrected chi connectivity index (χ3v) is 5.84. The minimum Gasteiger partial charge on any atom is -0.399 e. The first-order valence-corrected chi connectivity index (χ1v) is 11.5. The van der Waals surface area contributed by atoms with Crippen molar-refractivity contribution in [3.05, 3.63) is 80.5 Å². The van der Waals surface area contributed by atoms with E-state index in [9.17, 15) is 9.59 Å². The number of nitrogens with one attached hydrogen (secondary N) is 2. The summed E-state index contributed by atoms with van der Waals surface area (Å²) in [6, 6.07) is 14.5. The van der Waals surface area contributed by atoms with Crippen molar-refractivity contribution in [3.63, 3.8) is 0 Å². The van der Waals surface area contributed by atoms with Crippen molar-refractivity contribution in [2.24, 2.45) is 5.73 Å². The molecule has 8 heteroatoms. The maximum Gasteiger partial charge on any atom is 0.252 e. The molecule has 0 aliphatic rings. The average molecular weight is 541 g/mol. The molecule has 0 saturated heterocycles. The molecule has 0 heterocycles. The Bertz CT molecular complexity index is 882. The summed E-state index contributed by atoms with van der Waals surface area (Å²) in [5, 5.41) is 6.08. The Morgan fingerprint density at radius 1 is 1.07 bits per heavy atom. The fourth-order valence-electron chi connectivity index (χ4n) is 2.34. The summed E-state index contributed by atoms with van der Waals surface area (Å²) in [5.74, 6) is 0.383. The molecule has 0 aliphatic carbocycles. The van der Waals surface area contributed by atoms with Crippen LogP contribution in [-0.2, 0) is 0 Å². The van der Waals surface area contributed by atoms with Gasteiger partial charge in [0.15, 0.2) is 0 Å². The van der Waals surface area contributed by atoms with Crippen molar-refractivity contribution < 1.29 is 9.59 Å². The van der Waals surface area contributed by atoms with Crippen LogP contribution >= 0.6 is 43.6 Å². The van der Waals surface area contributed by atoms with Crippen LogP contribution in [0.15, 0.2) is 69.4 Å². The van der Waals surface area contributed by atoms with E-state index >= 15 is 0 Å². The summed E-state index contributed by atoms with van der Waals surface area (Å²) in [6.07, 6.45) is 1.67. The van der Waals surface area contributed by atoms with Crippen molar-refractivity contribution in [2.45, 2.75) is 19.4 Å². The van der Waals surface area contributed by atoms with E-state index in [0.29, 0.717) is 29.1 Å². The first kappa shape index (κ1) is 23.5. The third kappa shape index (κ3) is 7.53. The summed E-state index contributed by atoms with van der Waals surface area (Å²) in [4.78, 5) is 24.6. The summed E-state index contributed by atoms with van der Waals surface area (Å²) < 4.78 is 1.62. The Morgan fingerprint density at radius 3 is 2.31 bits per heavy atom. The molecular formula is C21H23Br2N3O2S. The van der Waals surface area contributed by atoms with Crippen LogP contribution in [0.25, 0.3) is 0 Å². The monoisotopic (exact) mass is 539 g/mol. The minimum atomic E-state index is -0.744. The zero-order chi connectivity index (χ0) is 21.4. The molecule has 4 N–H and O–H groups in total. The normalized spacial score (nSPS) is 11.8. The number of amides is 1. The second-order valence-electron chi connectivity index (χ2n) is 6.79. The molecule has 0 aromatic heterocycles. The van der Waals surface area contributed by atoms with Crippen LogP contribution < -0.4 is 16.4 Å². The van der Waals surface area contributed by atoms with Crippen molar-refractivity contribution >= 4 is 54.6 Å². The Hall–Kier alpha value is -1.77. The van der Waals surface area contributed by atoms with E-state index in [4.69, 9.17) is 5.73 Å². The van der Waals surface area contributed by atoms with Gasteiger partial charge in [-0.25, -0.2) is 0 Å². The van der Waals surface area contributed by atoms with E-state index in [-0.39, 0.29) is 11.0 Å². The molecule has 2 aromatic rings. The van der Waals surface area contributed by atoms with Gasteiger partial charge in [-0.05, 0) is 32.0 Å². The largest absolute Gasteiger partial charge is 0.399 e. The van der Waals surface area contributed by atoms with Crippen LogP contribution in [-0.4, -0.2) is 28.9 Å². The molecule has 0 bridgehead atoms. The van der Waals surface area contributed by atoms with Crippen LogP contribution in [0.2, 0.25) is 0 Å². The summed E-state index contributed by atoms with van der Waals surface area (Å²) in [6.45, 7) is 4.24. The minimum absolute atomic E-state index is 0.0390. The Morgan fingerprint density at radius 2 is 1.69 bits per heavy atom. The van der Waals surface area contributed by atoms with Crippen molar-refractivity contribution in [3.8, 4) is 0 Å². The van der Waals surface area contributed by atoms with E-state index in [2.05, 4.69) is 42.5 Å². The average Bonchev–Trinajstić information content (AvgIpc) is 2.67. The van der Waals surface area contributed by atoms with Crippen LogP contribution in [0.1, 0.15) is 34.6 Å². The third-order valence-electron chi connectivity index (χ3n) is 4.02. The number of benzene rings is 2. The van der Waals surface area contributed by atoms with Crippen LogP contribution in [0, 0.1) is 0 Å². The van der Waals surface area contributed by atoms with Gasteiger partial charge >= 0.3 is 0 Å². The number of carbonyl (C=O) groups excluding carboxylic acids is 2. The van der Waals surface area contributed by atoms with Gasteiger partial charge in [-0.1, -0.05) is 74.0 Å². The fraction of sp³-hybridized carbons (Fsp3) is 0.238. The molecule has 0 fully saturated rings. The van der Waals surface area contributed by atoms with Gasteiger partial charge in [0.25, 0.3) is 5.91 Å². The Balaban J connectivity index is 1.84. The number of nitrogens with two attached hydrogens (primary N) is 1. The van der Waals surface area contributed by atoms with Gasteiger partial charge in [0, 0.05) is 44.3 Å². The molecule has 0 atom stereocenters. The summed E-state index contributed by atoms with van der Waals surface area (Å²) in [7, 11) is 0. The molecule has 0 spiro atoms. The van der Waals surface area contributed by atoms with E-state index in [0.717, 1.165) is 8.95 Å². The Labute approximate surface area is 192 Å². The second-order valence-corrected chi connectivity index (χ2v) is 9.69. The SMILES string of the molecule is CC(C)(NC(=O)c1cc(Br)cc(Br)c1)/C(N)=C/NCCSC(=O)c1ccccc1. The molecular weight excluding hydrogens is 518 g/mol. The van der Waals surface area contributed by atoms with Gasteiger partial charge in [0.2, 0.25) is 5.12 Å². The molecule has 1 amide bonds. The number of rotatable bonds is 8. The molecule has 29 heavy (non-hydrogen) atoms. The van der Waals surface area contributed by atoms with E-state index in [1.54, 1.807) is 30.5 Å².